The van der Waals surface area contributed by atoms with E-state index < -0.39 is 5.82 Å². The molecule has 1 atom stereocenters. The van der Waals surface area contributed by atoms with Crippen molar-refractivity contribution < 1.29 is 4.39 Å². The van der Waals surface area contributed by atoms with Crippen LogP contribution in [0.5, 0.6) is 0 Å². The summed E-state index contributed by atoms with van der Waals surface area (Å²) >= 11 is 0. The first-order chi connectivity index (χ1) is 13.8. The molecule has 8 heteroatoms. The zero-order valence-corrected chi connectivity index (χ0v) is 15.0. The number of hydrogen-bond acceptors (Lipinski definition) is 6. The molecule has 0 bridgehead atoms. The fraction of sp³-hybridized carbons (Fsp3) is 0.200. The lowest BCUT2D eigenvalue weighted by Gasteiger charge is -2.22. The van der Waals surface area contributed by atoms with E-state index in [1.54, 1.807) is 24.7 Å². The first kappa shape index (κ1) is 16.9. The lowest BCUT2D eigenvalue weighted by atomic mass is 10.0. The van der Waals surface area contributed by atoms with E-state index in [0.29, 0.717) is 22.5 Å². The highest BCUT2D eigenvalue weighted by atomic mass is 19.1. The number of piperazine rings is 1. The van der Waals surface area contributed by atoms with E-state index in [1.807, 2.05) is 18.2 Å². The van der Waals surface area contributed by atoms with Crippen molar-refractivity contribution in [3.05, 3.63) is 60.7 Å². The molecule has 5 heterocycles. The molecule has 0 radical (unpaired) electrons. The van der Waals surface area contributed by atoms with Gasteiger partial charge in [-0.1, -0.05) is 0 Å². The van der Waals surface area contributed by atoms with Crippen molar-refractivity contribution in [1.82, 2.24) is 35.6 Å². The molecule has 5 rings (SSSR count). The van der Waals surface area contributed by atoms with Crippen molar-refractivity contribution in [1.29, 1.82) is 0 Å². The van der Waals surface area contributed by atoms with Gasteiger partial charge in [0.05, 0.1) is 23.4 Å². The number of imidazole rings is 1. The predicted molar refractivity (Wildman–Crippen MR) is 104 cm³/mol. The molecule has 0 aromatic carbocycles. The average molecular weight is 375 g/mol. The number of pyridine rings is 3. The smallest absolute Gasteiger partial charge is 0.178 e. The first-order valence-electron chi connectivity index (χ1n) is 9.14. The largest absolute Gasteiger partial charge is 0.339 e. The molecule has 1 saturated heterocycles. The van der Waals surface area contributed by atoms with Gasteiger partial charge < -0.3 is 15.6 Å². The minimum absolute atomic E-state index is 0.0888. The Morgan fingerprint density at radius 2 is 1.93 bits per heavy atom. The second-order valence-electron chi connectivity index (χ2n) is 6.69. The van der Waals surface area contributed by atoms with Crippen molar-refractivity contribution in [3.63, 3.8) is 0 Å². The van der Waals surface area contributed by atoms with Gasteiger partial charge in [-0.3, -0.25) is 9.97 Å². The van der Waals surface area contributed by atoms with Crippen molar-refractivity contribution in [3.8, 4) is 22.4 Å². The Bertz CT molecular complexity index is 1120. The molecule has 28 heavy (non-hydrogen) atoms. The number of H-pyrrole nitrogens is 1. The van der Waals surface area contributed by atoms with Crippen LogP contribution in [0.1, 0.15) is 11.9 Å². The van der Waals surface area contributed by atoms with Gasteiger partial charge in [-0.05, 0) is 24.3 Å². The highest BCUT2D eigenvalue weighted by Gasteiger charge is 2.21. The summed E-state index contributed by atoms with van der Waals surface area (Å²) in [6.07, 6.45) is 6.20. The quantitative estimate of drug-likeness (QED) is 0.510. The fourth-order valence-corrected chi connectivity index (χ4v) is 3.49. The fourth-order valence-electron chi connectivity index (χ4n) is 3.49. The SMILES string of the molecule is Fc1cnccc1-c1cc2[nH]c(C3CNCCN3)nc2nc1-c1cccnc1. The van der Waals surface area contributed by atoms with E-state index in [2.05, 4.69) is 30.6 Å². The Hall–Kier alpha value is -3.23. The van der Waals surface area contributed by atoms with E-state index in [-0.39, 0.29) is 6.04 Å². The van der Waals surface area contributed by atoms with Crippen LogP contribution in [0.3, 0.4) is 0 Å². The highest BCUT2D eigenvalue weighted by molar-refractivity contribution is 5.88. The normalized spacial score (nSPS) is 17.1. The van der Waals surface area contributed by atoms with Crippen LogP contribution >= 0.6 is 0 Å². The van der Waals surface area contributed by atoms with E-state index in [0.717, 1.165) is 36.5 Å². The molecule has 0 spiro atoms. The van der Waals surface area contributed by atoms with Crippen LogP contribution in [-0.2, 0) is 0 Å². The van der Waals surface area contributed by atoms with E-state index in [9.17, 15) is 4.39 Å². The molecule has 0 amide bonds. The van der Waals surface area contributed by atoms with Gasteiger partial charge in [-0.15, -0.1) is 0 Å². The summed E-state index contributed by atoms with van der Waals surface area (Å²) in [4.78, 5) is 20.8. The van der Waals surface area contributed by atoms with Crippen LogP contribution < -0.4 is 10.6 Å². The molecular weight excluding hydrogens is 357 g/mol. The molecule has 0 saturated carbocycles. The number of halogens is 1. The molecule has 1 fully saturated rings. The molecule has 4 aromatic rings. The lowest BCUT2D eigenvalue weighted by molar-refractivity contribution is 0.418. The van der Waals surface area contributed by atoms with Crippen LogP contribution in [0, 0.1) is 5.82 Å². The zero-order chi connectivity index (χ0) is 18.9. The molecule has 4 aromatic heterocycles. The number of nitrogens with one attached hydrogen (secondary N) is 3. The second kappa shape index (κ2) is 7.06. The predicted octanol–water partition coefficient (Wildman–Crippen LogP) is 2.45. The summed E-state index contributed by atoms with van der Waals surface area (Å²) in [5.74, 6) is 0.422. The average Bonchev–Trinajstić information content (AvgIpc) is 3.18. The van der Waals surface area contributed by atoms with Crippen LogP contribution in [0.15, 0.2) is 49.1 Å². The van der Waals surface area contributed by atoms with Gasteiger partial charge in [0.15, 0.2) is 5.65 Å². The number of rotatable bonds is 3. The monoisotopic (exact) mass is 375 g/mol. The van der Waals surface area contributed by atoms with Crippen molar-refractivity contribution in [2.24, 2.45) is 0 Å². The molecule has 1 aliphatic rings. The number of hydrogen-bond donors (Lipinski definition) is 3. The summed E-state index contributed by atoms with van der Waals surface area (Å²) < 4.78 is 14.5. The van der Waals surface area contributed by atoms with Gasteiger partial charge in [0, 0.05) is 54.9 Å². The molecule has 3 N–H and O–H groups in total. The van der Waals surface area contributed by atoms with Gasteiger partial charge >= 0.3 is 0 Å². The number of fused-ring (bicyclic) bond motifs is 1. The van der Waals surface area contributed by atoms with Crippen LogP contribution in [0.25, 0.3) is 33.5 Å². The molecular formula is C20H18FN7. The maximum absolute atomic E-state index is 14.5. The number of nitrogens with zero attached hydrogens (tertiary/aromatic N) is 4. The minimum atomic E-state index is -0.397. The number of aromatic amines is 1. The Labute approximate surface area is 160 Å². The summed E-state index contributed by atoms with van der Waals surface area (Å²) in [7, 11) is 0. The molecule has 0 aliphatic carbocycles. The Morgan fingerprint density at radius 3 is 2.71 bits per heavy atom. The maximum atomic E-state index is 14.5. The van der Waals surface area contributed by atoms with Gasteiger partial charge in [-0.25, -0.2) is 14.4 Å². The van der Waals surface area contributed by atoms with Gasteiger partial charge in [0.2, 0.25) is 0 Å². The second-order valence-corrected chi connectivity index (χ2v) is 6.69. The van der Waals surface area contributed by atoms with Crippen LogP contribution in [-0.4, -0.2) is 44.6 Å². The van der Waals surface area contributed by atoms with Crippen molar-refractivity contribution >= 4 is 11.2 Å². The third-order valence-corrected chi connectivity index (χ3v) is 4.86. The first-order valence-corrected chi connectivity index (χ1v) is 9.14. The summed E-state index contributed by atoms with van der Waals surface area (Å²) in [6.45, 7) is 2.61. The Balaban J connectivity index is 1.70. The third-order valence-electron chi connectivity index (χ3n) is 4.86. The van der Waals surface area contributed by atoms with E-state index in [4.69, 9.17) is 4.98 Å². The molecule has 1 aliphatic heterocycles. The summed E-state index contributed by atoms with van der Waals surface area (Å²) in [5.41, 5.74) is 3.92. The lowest BCUT2D eigenvalue weighted by Crippen LogP contribution is -2.43. The van der Waals surface area contributed by atoms with Crippen molar-refractivity contribution in [2.75, 3.05) is 19.6 Å². The van der Waals surface area contributed by atoms with E-state index >= 15 is 0 Å². The molecule has 7 nitrogen and oxygen atoms in total. The standard InChI is InChI=1S/C20H18FN7/c21-15-10-23-5-3-13(15)14-8-16-19(27-18(14)12-2-1-4-22-9-12)28-20(26-16)17-11-24-6-7-25-17/h1-5,8-10,17,24-25H,6-7,11H2,(H,26,27,28). The van der Waals surface area contributed by atoms with Crippen LogP contribution in [0.4, 0.5) is 4.39 Å². The molecule has 1 unspecified atom stereocenters. The Kier molecular flexibility index (Phi) is 4.27. The topological polar surface area (TPSA) is 91.4 Å². The molecule has 140 valence electrons. The summed E-state index contributed by atoms with van der Waals surface area (Å²) in [6, 6.07) is 7.38. The summed E-state index contributed by atoms with van der Waals surface area (Å²) in [5, 5.41) is 6.79. The van der Waals surface area contributed by atoms with E-state index in [1.165, 1.54) is 6.20 Å². The minimum Gasteiger partial charge on any atom is -0.339 e. The zero-order valence-electron chi connectivity index (χ0n) is 15.0. The van der Waals surface area contributed by atoms with Crippen molar-refractivity contribution in [2.45, 2.75) is 6.04 Å². The maximum Gasteiger partial charge on any atom is 0.178 e. The highest BCUT2D eigenvalue weighted by Crippen LogP contribution is 2.34. The van der Waals surface area contributed by atoms with Gasteiger partial charge in [0.1, 0.15) is 11.6 Å². The van der Waals surface area contributed by atoms with Gasteiger partial charge in [0.25, 0.3) is 0 Å². The van der Waals surface area contributed by atoms with Crippen LogP contribution in [0.2, 0.25) is 0 Å². The van der Waals surface area contributed by atoms with Gasteiger partial charge in [-0.2, -0.15) is 0 Å². The number of aromatic nitrogens is 5. The third kappa shape index (κ3) is 3.02. The Morgan fingerprint density at radius 1 is 1.00 bits per heavy atom.